The highest BCUT2D eigenvalue weighted by Gasteiger charge is 2.04. The van der Waals surface area contributed by atoms with E-state index in [9.17, 15) is 0 Å². The van der Waals surface area contributed by atoms with Crippen LogP contribution in [0.15, 0.2) is 46.5 Å². The van der Waals surface area contributed by atoms with Crippen LogP contribution in [0.1, 0.15) is 11.3 Å². The lowest BCUT2D eigenvalue weighted by Gasteiger charge is -2.12. The summed E-state index contributed by atoms with van der Waals surface area (Å²) in [5.74, 6) is 0. The van der Waals surface area contributed by atoms with Crippen LogP contribution >= 0.6 is 22.7 Å². The first-order chi connectivity index (χ1) is 10.2. The maximum Gasteiger partial charge on any atom is 0.187 e. The highest BCUT2D eigenvalue weighted by molar-refractivity contribution is 7.13. The van der Waals surface area contributed by atoms with E-state index < -0.39 is 0 Å². The zero-order chi connectivity index (χ0) is 14.7. The van der Waals surface area contributed by atoms with Gasteiger partial charge in [0.2, 0.25) is 0 Å². The van der Waals surface area contributed by atoms with E-state index in [1.165, 1.54) is 11.3 Å². The van der Waals surface area contributed by atoms with Crippen LogP contribution in [0.25, 0.3) is 0 Å². The SMILES string of the molecule is CN(C)c1ccc(Nc2nc(Cc3ccsc3)cs2)cc1. The second kappa shape index (κ2) is 6.28. The fraction of sp³-hybridized carbons (Fsp3) is 0.188. The van der Waals surface area contributed by atoms with Crippen molar-refractivity contribution >= 4 is 39.2 Å². The molecule has 1 aromatic carbocycles. The molecular formula is C16H17N3S2. The van der Waals surface area contributed by atoms with Crippen LogP contribution in [-0.2, 0) is 6.42 Å². The summed E-state index contributed by atoms with van der Waals surface area (Å²) in [6, 6.07) is 10.5. The third-order valence-corrected chi connectivity index (χ3v) is 4.69. The minimum Gasteiger partial charge on any atom is -0.378 e. The Kier molecular flexibility index (Phi) is 4.22. The predicted molar refractivity (Wildman–Crippen MR) is 93.3 cm³/mol. The number of aromatic nitrogens is 1. The number of nitrogens with zero attached hydrogens (tertiary/aromatic N) is 2. The second-order valence-electron chi connectivity index (χ2n) is 5.02. The molecule has 1 N–H and O–H groups in total. The molecule has 2 heterocycles. The number of thiazole rings is 1. The fourth-order valence-electron chi connectivity index (χ4n) is 2.01. The maximum atomic E-state index is 4.64. The molecular weight excluding hydrogens is 298 g/mol. The summed E-state index contributed by atoms with van der Waals surface area (Å²) in [5, 5.41) is 10.7. The first-order valence-corrected chi connectivity index (χ1v) is 8.53. The summed E-state index contributed by atoms with van der Waals surface area (Å²) in [6.45, 7) is 0. The Morgan fingerprint density at radius 2 is 1.90 bits per heavy atom. The molecule has 3 nitrogen and oxygen atoms in total. The fourth-order valence-corrected chi connectivity index (χ4v) is 3.41. The maximum absolute atomic E-state index is 4.64. The molecule has 0 saturated heterocycles. The van der Waals surface area contributed by atoms with Gasteiger partial charge in [0.25, 0.3) is 0 Å². The summed E-state index contributed by atoms with van der Waals surface area (Å²) < 4.78 is 0. The van der Waals surface area contributed by atoms with E-state index in [1.807, 2.05) is 14.1 Å². The lowest BCUT2D eigenvalue weighted by molar-refractivity contribution is 1.12. The predicted octanol–water partition coefficient (Wildman–Crippen LogP) is 4.61. The largest absolute Gasteiger partial charge is 0.378 e. The first-order valence-electron chi connectivity index (χ1n) is 6.70. The topological polar surface area (TPSA) is 28.2 Å². The quantitative estimate of drug-likeness (QED) is 0.745. The third-order valence-electron chi connectivity index (χ3n) is 3.15. The van der Waals surface area contributed by atoms with E-state index in [4.69, 9.17) is 0 Å². The summed E-state index contributed by atoms with van der Waals surface area (Å²) in [7, 11) is 4.08. The average Bonchev–Trinajstić information content (AvgIpc) is 3.12. The molecule has 21 heavy (non-hydrogen) atoms. The molecule has 3 aromatic rings. The van der Waals surface area contributed by atoms with Crippen molar-refractivity contribution in [3.8, 4) is 0 Å². The number of benzene rings is 1. The van der Waals surface area contributed by atoms with Crippen molar-refractivity contribution in [1.29, 1.82) is 0 Å². The van der Waals surface area contributed by atoms with Crippen molar-refractivity contribution in [2.24, 2.45) is 0 Å². The second-order valence-corrected chi connectivity index (χ2v) is 6.66. The molecule has 0 atom stereocenters. The molecule has 0 radical (unpaired) electrons. The number of rotatable bonds is 5. The van der Waals surface area contributed by atoms with Crippen molar-refractivity contribution in [2.45, 2.75) is 6.42 Å². The molecule has 0 amide bonds. The van der Waals surface area contributed by atoms with E-state index in [0.29, 0.717) is 0 Å². The van der Waals surface area contributed by atoms with Gasteiger partial charge in [0, 0.05) is 37.3 Å². The van der Waals surface area contributed by atoms with Gasteiger partial charge in [0.1, 0.15) is 0 Å². The monoisotopic (exact) mass is 315 g/mol. The summed E-state index contributed by atoms with van der Waals surface area (Å²) in [5.41, 5.74) is 4.70. The van der Waals surface area contributed by atoms with Crippen LogP contribution in [0, 0.1) is 0 Å². The van der Waals surface area contributed by atoms with E-state index in [2.05, 4.69) is 61.7 Å². The van der Waals surface area contributed by atoms with Gasteiger partial charge in [-0.15, -0.1) is 11.3 Å². The van der Waals surface area contributed by atoms with Crippen LogP contribution in [0.3, 0.4) is 0 Å². The Bertz CT molecular complexity index is 685. The van der Waals surface area contributed by atoms with Gasteiger partial charge in [-0.1, -0.05) is 0 Å². The molecule has 0 unspecified atom stereocenters. The highest BCUT2D eigenvalue weighted by Crippen LogP contribution is 2.24. The van der Waals surface area contributed by atoms with Crippen LogP contribution < -0.4 is 10.2 Å². The number of thiophene rings is 1. The van der Waals surface area contributed by atoms with Crippen molar-refractivity contribution in [3.63, 3.8) is 0 Å². The summed E-state index contributed by atoms with van der Waals surface area (Å²) in [6.07, 6.45) is 0.904. The van der Waals surface area contributed by atoms with Gasteiger partial charge in [0.15, 0.2) is 5.13 Å². The van der Waals surface area contributed by atoms with Crippen molar-refractivity contribution in [2.75, 3.05) is 24.3 Å². The Balaban J connectivity index is 1.66. The van der Waals surface area contributed by atoms with E-state index in [-0.39, 0.29) is 0 Å². The Labute approximate surface area is 132 Å². The van der Waals surface area contributed by atoms with E-state index >= 15 is 0 Å². The Morgan fingerprint density at radius 3 is 2.57 bits per heavy atom. The molecule has 0 bridgehead atoms. The molecule has 108 valence electrons. The molecule has 0 fully saturated rings. The zero-order valence-electron chi connectivity index (χ0n) is 12.0. The number of hydrogen-bond donors (Lipinski definition) is 1. The molecule has 0 aliphatic rings. The summed E-state index contributed by atoms with van der Waals surface area (Å²) >= 11 is 3.38. The van der Waals surface area contributed by atoms with E-state index in [0.717, 1.165) is 22.9 Å². The molecule has 3 rings (SSSR count). The van der Waals surface area contributed by atoms with Crippen LogP contribution in [0.2, 0.25) is 0 Å². The number of nitrogens with one attached hydrogen (secondary N) is 1. The Morgan fingerprint density at radius 1 is 1.10 bits per heavy atom. The average molecular weight is 315 g/mol. The highest BCUT2D eigenvalue weighted by atomic mass is 32.1. The van der Waals surface area contributed by atoms with Gasteiger partial charge in [-0.2, -0.15) is 11.3 Å². The lowest BCUT2D eigenvalue weighted by atomic mass is 10.2. The normalized spacial score (nSPS) is 10.6. The van der Waals surface area contributed by atoms with E-state index in [1.54, 1.807) is 22.7 Å². The van der Waals surface area contributed by atoms with Crippen LogP contribution in [0.4, 0.5) is 16.5 Å². The smallest absolute Gasteiger partial charge is 0.187 e. The Hall–Kier alpha value is -1.85. The molecule has 0 aliphatic carbocycles. The third kappa shape index (κ3) is 3.62. The molecule has 0 saturated carbocycles. The summed E-state index contributed by atoms with van der Waals surface area (Å²) in [4.78, 5) is 6.73. The van der Waals surface area contributed by atoms with Crippen molar-refractivity contribution in [3.05, 3.63) is 57.7 Å². The first kappa shape index (κ1) is 14.1. The van der Waals surface area contributed by atoms with Gasteiger partial charge in [-0.05, 0) is 46.7 Å². The molecule has 0 spiro atoms. The van der Waals surface area contributed by atoms with Crippen molar-refractivity contribution < 1.29 is 0 Å². The minimum absolute atomic E-state index is 0.904. The number of hydrogen-bond acceptors (Lipinski definition) is 5. The molecule has 0 aliphatic heterocycles. The van der Waals surface area contributed by atoms with Gasteiger partial charge < -0.3 is 10.2 Å². The van der Waals surface area contributed by atoms with Crippen molar-refractivity contribution in [1.82, 2.24) is 4.98 Å². The van der Waals surface area contributed by atoms with Crippen LogP contribution in [-0.4, -0.2) is 19.1 Å². The zero-order valence-corrected chi connectivity index (χ0v) is 13.7. The molecule has 2 aromatic heterocycles. The minimum atomic E-state index is 0.904. The standard InChI is InChI=1S/C16H17N3S2/c1-19(2)15-5-3-13(4-6-15)17-16-18-14(11-21-16)9-12-7-8-20-10-12/h3-8,10-11H,9H2,1-2H3,(H,17,18). The molecule has 5 heteroatoms. The van der Waals surface area contributed by atoms with Gasteiger partial charge in [0.05, 0.1) is 5.69 Å². The lowest BCUT2D eigenvalue weighted by Crippen LogP contribution is -2.08. The van der Waals surface area contributed by atoms with Gasteiger partial charge in [-0.3, -0.25) is 0 Å². The van der Waals surface area contributed by atoms with Crippen LogP contribution in [0.5, 0.6) is 0 Å². The van der Waals surface area contributed by atoms with Gasteiger partial charge >= 0.3 is 0 Å². The number of anilines is 3. The van der Waals surface area contributed by atoms with Gasteiger partial charge in [-0.25, -0.2) is 4.98 Å².